The van der Waals surface area contributed by atoms with Crippen molar-refractivity contribution >= 4 is 17.5 Å². The number of allylic oxidation sites excluding steroid dienone is 2. The largest absolute Gasteiger partial charge is 0.494 e. The SMILES string of the molecule is CO/C1=C(N2CCN(C(=O)Nc3cccc(C)c3)CC2)/C=C\CCCc2c1cccc2-c1ccc(C#N)cc1. The van der Waals surface area contributed by atoms with E-state index in [0.29, 0.717) is 18.7 Å². The first kappa shape index (κ1) is 26.1. The van der Waals surface area contributed by atoms with E-state index in [4.69, 9.17) is 4.74 Å². The van der Waals surface area contributed by atoms with Crippen molar-refractivity contribution in [2.45, 2.75) is 26.2 Å². The molecule has 0 radical (unpaired) electrons. The molecular formula is C33H34N4O2. The first-order valence-electron chi connectivity index (χ1n) is 13.5. The van der Waals surface area contributed by atoms with Crippen LogP contribution in [0.1, 0.15) is 35.1 Å². The zero-order valence-electron chi connectivity index (χ0n) is 22.6. The second kappa shape index (κ2) is 11.9. The minimum atomic E-state index is -0.0661. The Morgan fingerprint density at radius 2 is 1.72 bits per heavy atom. The van der Waals surface area contributed by atoms with Gasteiger partial charge in [-0.1, -0.05) is 48.5 Å². The molecule has 5 rings (SSSR count). The molecule has 39 heavy (non-hydrogen) atoms. The minimum absolute atomic E-state index is 0.0661. The van der Waals surface area contributed by atoms with Crippen LogP contribution in [0.3, 0.4) is 0 Å². The summed E-state index contributed by atoms with van der Waals surface area (Å²) in [4.78, 5) is 17.1. The van der Waals surface area contributed by atoms with Crippen LogP contribution in [-0.4, -0.2) is 49.1 Å². The fourth-order valence-electron chi connectivity index (χ4n) is 5.41. The molecule has 1 saturated heterocycles. The van der Waals surface area contributed by atoms with E-state index in [1.807, 2.05) is 60.4 Å². The number of hydrogen-bond acceptors (Lipinski definition) is 4. The topological polar surface area (TPSA) is 68.6 Å². The average Bonchev–Trinajstić information content (AvgIpc) is 3.06. The number of aryl methyl sites for hydroxylation is 1. The second-order valence-corrected chi connectivity index (χ2v) is 10.0. The van der Waals surface area contributed by atoms with Crippen LogP contribution in [-0.2, 0) is 11.2 Å². The fourth-order valence-corrected chi connectivity index (χ4v) is 5.41. The number of fused-ring (bicyclic) bond motifs is 1. The molecule has 0 aromatic heterocycles. The zero-order chi connectivity index (χ0) is 27.2. The fraction of sp³-hybridized carbons (Fsp3) is 0.273. The van der Waals surface area contributed by atoms with Crippen molar-refractivity contribution in [1.82, 2.24) is 9.80 Å². The molecule has 3 aromatic rings. The van der Waals surface area contributed by atoms with Gasteiger partial charge >= 0.3 is 6.03 Å². The van der Waals surface area contributed by atoms with E-state index in [1.165, 1.54) is 11.1 Å². The summed E-state index contributed by atoms with van der Waals surface area (Å²) in [5.41, 5.74) is 8.28. The van der Waals surface area contributed by atoms with Gasteiger partial charge in [0.1, 0.15) is 5.76 Å². The Labute approximate surface area is 230 Å². The van der Waals surface area contributed by atoms with Crippen molar-refractivity contribution in [2.24, 2.45) is 0 Å². The number of hydrogen-bond donors (Lipinski definition) is 1. The number of nitriles is 1. The summed E-state index contributed by atoms with van der Waals surface area (Å²) in [7, 11) is 1.74. The maximum absolute atomic E-state index is 12.9. The molecule has 0 spiro atoms. The summed E-state index contributed by atoms with van der Waals surface area (Å²) in [5, 5.41) is 12.3. The van der Waals surface area contributed by atoms with Crippen LogP contribution < -0.4 is 5.32 Å². The number of methoxy groups -OCH3 is 1. The highest BCUT2D eigenvalue weighted by molar-refractivity contribution is 5.89. The van der Waals surface area contributed by atoms with Gasteiger partial charge in [0.25, 0.3) is 0 Å². The Balaban J connectivity index is 1.41. The van der Waals surface area contributed by atoms with Gasteiger partial charge < -0.3 is 19.9 Å². The van der Waals surface area contributed by atoms with E-state index in [0.717, 1.165) is 66.2 Å². The van der Waals surface area contributed by atoms with Gasteiger partial charge in [-0.05, 0) is 78.8 Å². The predicted octanol–water partition coefficient (Wildman–Crippen LogP) is 6.59. The van der Waals surface area contributed by atoms with Crippen LogP contribution >= 0.6 is 0 Å². The summed E-state index contributed by atoms with van der Waals surface area (Å²) in [6.45, 7) is 4.72. The number of nitrogens with zero attached hydrogens (tertiary/aromatic N) is 3. The van der Waals surface area contributed by atoms with E-state index >= 15 is 0 Å². The third-order valence-corrected chi connectivity index (χ3v) is 7.43. The van der Waals surface area contributed by atoms with E-state index < -0.39 is 0 Å². The molecular weight excluding hydrogens is 484 g/mol. The highest BCUT2D eigenvalue weighted by atomic mass is 16.5. The van der Waals surface area contributed by atoms with Crippen molar-refractivity contribution in [3.63, 3.8) is 0 Å². The van der Waals surface area contributed by atoms with E-state index in [-0.39, 0.29) is 6.03 Å². The Morgan fingerprint density at radius 1 is 0.974 bits per heavy atom. The number of carbonyl (C=O) groups excluding carboxylic acids is 1. The van der Waals surface area contributed by atoms with E-state index in [2.05, 4.69) is 46.6 Å². The van der Waals surface area contributed by atoms with Crippen molar-refractivity contribution in [1.29, 1.82) is 5.26 Å². The molecule has 1 fully saturated rings. The average molecular weight is 519 g/mol. The summed E-state index contributed by atoms with van der Waals surface area (Å²) < 4.78 is 6.12. The number of benzene rings is 3. The van der Waals surface area contributed by atoms with Crippen LogP contribution in [0.25, 0.3) is 16.9 Å². The molecule has 198 valence electrons. The third kappa shape index (κ3) is 5.83. The van der Waals surface area contributed by atoms with Gasteiger partial charge in [-0.3, -0.25) is 0 Å². The first-order valence-corrected chi connectivity index (χ1v) is 13.5. The van der Waals surface area contributed by atoms with E-state index in [1.54, 1.807) is 7.11 Å². The lowest BCUT2D eigenvalue weighted by molar-refractivity contribution is 0.168. The number of nitrogens with one attached hydrogen (secondary N) is 1. The number of urea groups is 1. The van der Waals surface area contributed by atoms with Crippen molar-refractivity contribution in [3.05, 3.63) is 107 Å². The molecule has 0 unspecified atom stereocenters. The highest BCUT2D eigenvalue weighted by Gasteiger charge is 2.26. The van der Waals surface area contributed by atoms with Gasteiger partial charge in [-0.25, -0.2) is 4.79 Å². The lowest BCUT2D eigenvalue weighted by atomic mass is 9.90. The van der Waals surface area contributed by atoms with E-state index in [9.17, 15) is 10.1 Å². The van der Waals surface area contributed by atoms with Crippen molar-refractivity contribution in [2.75, 3.05) is 38.6 Å². The van der Waals surface area contributed by atoms with Crippen molar-refractivity contribution < 1.29 is 9.53 Å². The molecule has 1 heterocycles. The number of amides is 2. The predicted molar refractivity (Wildman–Crippen MR) is 156 cm³/mol. The molecule has 6 heteroatoms. The minimum Gasteiger partial charge on any atom is -0.494 e. The zero-order valence-corrected chi connectivity index (χ0v) is 22.6. The van der Waals surface area contributed by atoms with Gasteiger partial charge in [-0.15, -0.1) is 0 Å². The molecule has 3 aromatic carbocycles. The normalized spacial score (nSPS) is 18.2. The molecule has 2 amide bonds. The lowest BCUT2D eigenvalue weighted by Crippen LogP contribution is -2.49. The Hall–Kier alpha value is -4.50. The number of piperazine rings is 1. The summed E-state index contributed by atoms with van der Waals surface area (Å²) in [5.74, 6) is 0.858. The standard InChI is InChI=1S/C33H34N4O2/c1-24-8-6-9-27(22-24)35-33(38)37-20-18-36(19-21-37)31-13-5-3-4-10-29-28(11-7-12-30(29)32(31)39-2)26-16-14-25(23-34)15-17-26/h5-9,11-17,22H,3-4,10,18-21H2,1-2H3,(H,35,38)/b13-5-,32-31-. The quantitative estimate of drug-likeness (QED) is 0.423. The van der Waals surface area contributed by atoms with Crippen molar-refractivity contribution in [3.8, 4) is 17.2 Å². The molecule has 0 saturated carbocycles. The Morgan fingerprint density at radius 3 is 2.44 bits per heavy atom. The van der Waals surface area contributed by atoms with Gasteiger partial charge in [0.15, 0.2) is 0 Å². The maximum Gasteiger partial charge on any atom is 0.321 e. The van der Waals surface area contributed by atoms with Crippen LogP contribution in [0.4, 0.5) is 10.5 Å². The maximum atomic E-state index is 12.9. The van der Waals surface area contributed by atoms with Gasteiger partial charge in [0.2, 0.25) is 0 Å². The number of rotatable bonds is 4. The van der Waals surface area contributed by atoms with Crippen LogP contribution in [0.15, 0.2) is 84.6 Å². The highest BCUT2D eigenvalue weighted by Crippen LogP contribution is 2.35. The molecule has 1 N–H and O–H groups in total. The van der Waals surface area contributed by atoms with Gasteiger partial charge in [0.05, 0.1) is 24.4 Å². The molecule has 0 atom stereocenters. The van der Waals surface area contributed by atoms with Crippen LogP contribution in [0.5, 0.6) is 0 Å². The number of anilines is 1. The molecule has 2 aliphatic rings. The molecule has 0 bridgehead atoms. The monoisotopic (exact) mass is 518 g/mol. The summed E-state index contributed by atoms with van der Waals surface area (Å²) in [6.07, 6.45) is 7.36. The van der Waals surface area contributed by atoms with Gasteiger partial charge in [0, 0.05) is 37.4 Å². The molecule has 1 aliphatic heterocycles. The number of ether oxygens (including phenoxy) is 1. The lowest BCUT2D eigenvalue weighted by Gasteiger charge is -2.37. The summed E-state index contributed by atoms with van der Waals surface area (Å²) in [6, 6.07) is 24.2. The Bertz CT molecular complexity index is 1440. The van der Waals surface area contributed by atoms with Gasteiger partial charge in [-0.2, -0.15) is 5.26 Å². The van der Waals surface area contributed by atoms with Crippen LogP contribution in [0.2, 0.25) is 0 Å². The smallest absolute Gasteiger partial charge is 0.321 e. The number of carbonyl (C=O) groups is 1. The molecule has 6 nitrogen and oxygen atoms in total. The molecule has 1 aliphatic carbocycles. The van der Waals surface area contributed by atoms with Crippen LogP contribution in [0, 0.1) is 18.3 Å². The Kier molecular flexibility index (Phi) is 7.98. The second-order valence-electron chi connectivity index (χ2n) is 10.0. The first-order chi connectivity index (χ1) is 19.1. The summed E-state index contributed by atoms with van der Waals surface area (Å²) >= 11 is 0. The third-order valence-electron chi connectivity index (χ3n) is 7.43.